The molecule has 0 aliphatic carbocycles. The molecule has 2 aliphatic rings. The summed E-state index contributed by atoms with van der Waals surface area (Å²) in [6, 6.07) is 41.6. The van der Waals surface area contributed by atoms with E-state index in [2.05, 4.69) is 5.32 Å². The third-order valence-corrected chi connectivity index (χ3v) is 11.7. The summed E-state index contributed by atoms with van der Waals surface area (Å²) in [7, 11) is 0. The summed E-state index contributed by atoms with van der Waals surface area (Å²) in [5.74, 6) is -1.38. The van der Waals surface area contributed by atoms with Crippen LogP contribution in [0.5, 0.6) is 0 Å². The Balaban J connectivity index is 0.991. The van der Waals surface area contributed by atoms with Crippen LogP contribution in [0.25, 0.3) is 33.7 Å². The predicted octanol–water partition coefficient (Wildman–Crippen LogP) is 9.68. The van der Waals surface area contributed by atoms with Crippen LogP contribution in [0.15, 0.2) is 143 Å². The van der Waals surface area contributed by atoms with E-state index in [4.69, 9.17) is 18.9 Å². The van der Waals surface area contributed by atoms with Crippen LogP contribution in [0.2, 0.25) is 0 Å². The van der Waals surface area contributed by atoms with Crippen molar-refractivity contribution in [1.29, 1.82) is 0 Å². The Labute approximate surface area is 349 Å². The fourth-order valence-electron chi connectivity index (χ4n) is 7.65. The van der Waals surface area contributed by atoms with Crippen molar-refractivity contribution >= 4 is 23.6 Å². The molecule has 1 aromatic heterocycles. The van der Waals surface area contributed by atoms with E-state index < -0.39 is 30.3 Å². The van der Waals surface area contributed by atoms with Crippen LogP contribution in [0.1, 0.15) is 53.9 Å². The third kappa shape index (κ3) is 9.34. The third-order valence-electron chi connectivity index (χ3n) is 10.7. The normalized spacial score (nSPS) is 19.3. The molecule has 9 nitrogen and oxygen atoms in total. The minimum atomic E-state index is -5.04. The van der Waals surface area contributed by atoms with E-state index in [1.165, 1.54) is 11.8 Å². The van der Waals surface area contributed by atoms with Crippen LogP contribution >= 0.6 is 11.8 Å². The fraction of sp³-hybridized carbons (Fsp3) is 0.255. The molecule has 2 aliphatic heterocycles. The molecule has 0 bridgehead atoms. The predicted molar refractivity (Wildman–Crippen MR) is 221 cm³/mol. The highest BCUT2D eigenvalue weighted by Gasteiger charge is 2.47. The lowest BCUT2D eigenvalue weighted by molar-refractivity contribution is -0.245. The molecular formula is C47H42F3N3O6S. The summed E-state index contributed by atoms with van der Waals surface area (Å²) in [6.07, 6.45) is -5.26. The largest absolute Gasteiger partial charge is 0.471 e. The average Bonchev–Trinajstić information content (AvgIpc) is 3.96. The number of hydrogen-bond acceptors (Lipinski definition) is 8. The van der Waals surface area contributed by atoms with E-state index in [0.29, 0.717) is 34.5 Å². The monoisotopic (exact) mass is 833 g/mol. The SMILES string of the molecule is O=C(NCc1ccccc1-c1ccc(C2OC(CSc3nc(-c4ccccc4)c(-c4ccccc4)o3)CC(c3ccc(CO)cc3)O2)cc1)C1CCCN1C(=O)C(F)(F)F. The highest BCUT2D eigenvalue weighted by molar-refractivity contribution is 7.99. The number of likely N-dealkylation sites (tertiary alicyclic amines) is 1. The molecular weight excluding hydrogens is 792 g/mol. The Morgan fingerprint density at radius 3 is 2.17 bits per heavy atom. The molecule has 13 heteroatoms. The van der Waals surface area contributed by atoms with Gasteiger partial charge in [-0.25, -0.2) is 4.98 Å². The molecule has 0 spiro atoms. The van der Waals surface area contributed by atoms with Gasteiger partial charge in [0.15, 0.2) is 12.1 Å². The number of amides is 2. The quantitative estimate of drug-likeness (QED) is 0.117. The van der Waals surface area contributed by atoms with E-state index in [9.17, 15) is 27.9 Å². The Bertz CT molecular complexity index is 2340. The van der Waals surface area contributed by atoms with Gasteiger partial charge in [0.25, 0.3) is 5.22 Å². The van der Waals surface area contributed by atoms with Crippen molar-refractivity contribution in [1.82, 2.24) is 15.2 Å². The Morgan fingerprint density at radius 1 is 0.800 bits per heavy atom. The fourth-order valence-corrected chi connectivity index (χ4v) is 8.49. The first-order chi connectivity index (χ1) is 29.1. The summed E-state index contributed by atoms with van der Waals surface area (Å²) in [4.78, 5) is 30.5. The number of carbonyl (C=O) groups excluding carboxylic acids is 2. The number of benzene rings is 5. The number of rotatable bonds is 12. The van der Waals surface area contributed by atoms with E-state index in [-0.39, 0.29) is 38.3 Å². The molecule has 308 valence electrons. The van der Waals surface area contributed by atoms with Crippen LogP contribution in [-0.4, -0.2) is 57.4 Å². The number of aliphatic hydroxyl groups is 1. The second-order valence-electron chi connectivity index (χ2n) is 14.7. The van der Waals surface area contributed by atoms with Crippen molar-refractivity contribution in [2.75, 3.05) is 12.3 Å². The molecule has 2 fully saturated rings. The molecule has 0 saturated carbocycles. The maximum atomic E-state index is 13.2. The second-order valence-corrected chi connectivity index (χ2v) is 15.7. The molecule has 0 radical (unpaired) electrons. The molecule has 2 amide bonds. The number of alkyl halides is 3. The lowest BCUT2D eigenvalue weighted by Gasteiger charge is -2.36. The second kappa shape index (κ2) is 18.3. The number of hydrogen-bond donors (Lipinski definition) is 2. The van der Waals surface area contributed by atoms with E-state index >= 15 is 0 Å². The van der Waals surface area contributed by atoms with Gasteiger partial charge < -0.3 is 29.2 Å². The van der Waals surface area contributed by atoms with Gasteiger partial charge in [-0.2, -0.15) is 13.2 Å². The number of halogens is 3. The highest BCUT2D eigenvalue weighted by Crippen LogP contribution is 2.41. The van der Waals surface area contributed by atoms with Gasteiger partial charge in [0.2, 0.25) is 5.91 Å². The average molecular weight is 834 g/mol. The van der Waals surface area contributed by atoms with Gasteiger partial charge in [0.1, 0.15) is 11.7 Å². The van der Waals surface area contributed by atoms with Gasteiger partial charge in [-0.3, -0.25) is 9.59 Å². The zero-order chi connectivity index (χ0) is 41.6. The van der Waals surface area contributed by atoms with Crippen LogP contribution in [0.3, 0.4) is 0 Å². The smallest absolute Gasteiger partial charge is 0.431 e. The van der Waals surface area contributed by atoms with Crippen molar-refractivity contribution in [3.05, 3.63) is 156 Å². The van der Waals surface area contributed by atoms with Gasteiger partial charge in [0.05, 0.1) is 18.8 Å². The molecule has 4 atom stereocenters. The molecule has 5 aromatic carbocycles. The number of aromatic nitrogens is 1. The van der Waals surface area contributed by atoms with E-state index in [1.54, 1.807) is 0 Å². The number of aliphatic hydroxyl groups excluding tert-OH is 1. The van der Waals surface area contributed by atoms with Crippen LogP contribution in [-0.2, 0) is 32.2 Å². The summed E-state index contributed by atoms with van der Waals surface area (Å²) >= 11 is 1.48. The van der Waals surface area contributed by atoms with Crippen molar-refractivity contribution in [3.8, 4) is 33.7 Å². The first kappa shape index (κ1) is 41.0. The van der Waals surface area contributed by atoms with Crippen molar-refractivity contribution in [2.24, 2.45) is 0 Å². The first-order valence-electron chi connectivity index (χ1n) is 19.7. The molecule has 8 rings (SSSR count). The zero-order valence-electron chi connectivity index (χ0n) is 32.4. The van der Waals surface area contributed by atoms with Crippen molar-refractivity contribution < 1.29 is 41.8 Å². The molecule has 60 heavy (non-hydrogen) atoms. The Kier molecular flexibility index (Phi) is 12.5. The Hall–Kier alpha value is -5.73. The van der Waals surface area contributed by atoms with E-state index in [1.807, 2.05) is 133 Å². The van der Waals surface area contributed by atoms with Gasteiger partial charge in [-0.15, -0.1) is 0 Å². The molecule has 2 N–H and O–H groups in total. The number of nitrogens with one attached hydrogen (secondary N) is 1. The van der Waals surface area contributed by atoms with Gasteiger partial charge in [0, 0.05) is 42.0 Å². The summed E-state index contributed by atoms with van der Waals surface area (Å²) in [5, 5.41) is 12.9. The number of carbonyl (C=O) groups is 2. The van der Waals surface area contributed by atoms with Gasteiger partial charge in [-0.05, 0) is 40.7 Å². The highest BCUT2D eigenvalue weighted by atomic mass is 32.2. The maximum absolute atomic E-state index is 13.2. The topological polar surface area (TPSA) is 114 Å². The van der Waals surface area contributed by atoms with Crippen molar-refractivity contribution in [2.45, 2.75) is 68.4 Å². The lowest BCUT2D eigenvalue weighted by atomic mass is 9.97. The number of ether oxygens (including phenoxy) is 2. The maximum Gasteiger partial charge on any atom is 0.471 e. The van der Waals surface area contributed by atoms with E-state index in [0.717, 1.165) is 50.2 Å². The minimum Gasteiger partial charge on any atom is -0.431 e. The molecule has 3 heterocycles. The zero-order valence-corrected chi connectivity index (χ0v) is 33.2. The molecule has 6 aromatic rings. The van der Waals surface area contributed by atoms with Gasteiger partial charge in [-0.1, -0.05) is 145 Å². The Morgan fingerprint density at radius 2 is 1.47 bits per heavy atom. The summed E-state index contributed by atoms with van der Waals surface area (Å²) < 4.78 is 59.2. The standard InChI is InChI=1S/C47H42F3N3O6S/c48-47(49,50)45(56)53-25-9-16-39(53)43(55)51-27-36-14-7-8-15-38(36)31-21-23-35(24-22-31)44-57-37(26-40(58-44)32-19-17-30(28-54)18-20-32)29-60-46-52-41(33-10-3-1-4-11-33)42(59-46)34-12-5-2-6-13-34/h1-8,10-15,17-24,37,39-40,44,54H,9,16,25-29H2,(H,51,55). The summed E-state index contributed by atoms with van der Waals surface area (Å²) in [6.45, 7) is -0.111. The van der Waals surface area contributed by atoms with Crippen LogP contribution in [0, 0.1) is 0 Å². The van der Waals surface area contributed by atoms with Gasteiger partial charge >= 0.3 is 12.1 Å². The van der Waals surface area contributed by atoms with Crippen LogP contribution in [0.4, 0.5) is 13.2 Å². The van der Waals surface area contributed by atoms with Crippen molar-refractivity contribution in [3.63, 3.8) is 0 Å². The number of oxazole rings is 1. The number of nitrogens with zero attached hydrogens (tertiary/aromatic N) is 2. The summed E-state index contributed by atoms with van der Waals surface area (Å²) in [5.41, 5.74) is 7.64. The lowest BCUT2D eigenvalue weighted by Crippen LogP contribution is -2.50. The minimum absolute atomic E-state index is 0.0627. The molecule has 4 unspecified atom stereocenters. The molecule has 2 saturated heterocycles. The van der Waals surface area contributed by atoms with Crippen LogP contribution < -0.4 is 5.32 Å². The number of thioether (sulfide) groups is 1. The first-order valence-corrected chi connectivity index (χ1v) is 20.7.